The number of benzene rings is 2. The number of nitrogens with zero attached hydrogens (tertiary/aromatic N) is 1. The zero-order valence-electron chi connectivity index (χ0n) is 19.9. The number of amidine groups is 1. The average Bonchev–Trinajstić information content (AvgIpc) is 2.82. The highest BCUT2D eigenvalue weighted by molar-refractivity contribution is 5.94. The number of hydrogen-bond acceptors (Lipinski definition) is 6. The fraction of sp³-hybridized carbons (Fsp3) is 0.440. The quantitative estimate of drug-likeness (QED) is 0.362. The molecule has 1 atom stereocenters. The smallest absolute Gasteiger partial charge is 0.254 e. The number of methoxy groups -OCH3 is 1. The van der Waals surface area contributed by atoms with E-state index in [1.807, 2.05) is 14.0 Å². The van der Waals surface area contributed by atoms with E-state index >= 15 is 4.39 Å². The lowest BCUT2D eigenvalue weighted by Gasteiger charge is -2.30. The minimum Gasteiger partial charge on any atom is -0.494 e. The molecule has 1 aliphatic heterocycles. The summed E-state index contributed by atoms with van der Waals surface area (Å²) in [6.07, 6.45) is 0.293. The van der Waals surface area contributed by atoms with Gasteiger partial charge in [-0.1, -0.05) is 24.3 Å². The van der Waals surface area contributed by atoms with E-state index in [1.165, 1.54) is 19.2 Å². The van der Waals surface area contributed by atoms with Gasteiger partial charge in [0.05, 0.1) is 6.61 Å². The van der Waals surface area contributed by atoms with Crippen LogP contribution in [0.1, 0.15) is 42.6 Å². The van der Waals surface area contributed by atoms with Gasteiger partial charge in [0.25, 0.3) is 5.91 Å². The number of carbonyl (C=O) groups is 1. The first-order valence-electron chi connectivity index (χ1n) is 11.4. The summed E-state index contributed by atoms with van der Waals surface area (Å²) in [5.74, 6) is -0.675. The number of piperidine rings is 1. The molecular weight excluding hydrogens is 439 g/mol. The summed E-state index contributed by atoms with van der Waals surface area (Å²) in [5, 5.41) is 10.2. The monoisotopic (exact) mass is 472 g/mol. The Bertz CT molecular complexity index is 991. The van der Waals surface area contributed by atoms with Gasteiger partial charge in [-0.15, -0.1) is 0 Å². The van der Waals surface area contributed by atoms with E-state index in [0.29, 0.717) is 17.9 Å². The molecule has 0 aliphatic carbocycles. The SMILES string of the molecule is CCOc1cc(OC2CCN(C)CC2)c(F)c([C@H](OC)C(=O)NCc2ccc(C(=N)N)cc2)c1. The van der Waals surface area contributed by atoms with E-state index in [9.17, 15) is 4.79 Å². The Hall–Kier alpha value is -3.17. The molecule has 2 aromatic rings. The molecule has 1 aliphatic rings. The summed E-state index contributed by atoms with van der Waals surface area (Å²) in [7, 11) is 3.40. The van der Waals surface area contributed by atoms with Gasteiger partial charge in [0, 0.05) is 43.9 Å². The van der Waals surface area contributed by atoms with Crippen LogP contribution in [-0.2, 0) is 16.1 Å². The second-order valence-electron chi connectivity index (χ2n) is 8.32. The molecule has 0 saturated carbocycles. The predicted octanol–water partition coefficient (Wildman–Crippen LogP) is 2.99. The third-order valence-electron chi connectivity index (χ3n) is 5.80. The molecule has 1 heterocycles. The zero-order chi connectivity index (χ0) is 24.7. The maximum atomic E-state index is 15.5. The molecule has 0 aromatic heterocycles. The van der Waals surface area contributed by atoms with E-state index < -0.39 is 17.8 Å². The van der Waals surface area contributed by atoms with Crippen LogP contribution in [0.4, 0.5) is 4.39 Å². The number of halogens is 1. The third-order valence-corrected chi connectivity index (χ3v) is 5.80. The van der Waals surface area contributed by atoms with Crippen LogP contribution in [0.15, 0.2) is 36.4 Å². The molecule has 4 N–H and O–H groups in total. The number of likely N-dealkylation sites (tertiary alicyclic amines) is 1. The zero-order valence-corrected chi connectivity index (χ0v) is 19.9. The first-order chi connectivity index (χ1) is 16.3. The predicted molar refractivity (Wildman–Crippen MR) is 128 cm³/mol. The van der Waals surface area contributed by atoms with Gasteiger partial charge in [-0.25, -0.2) is 4.39 Å². The molecular formula is C25H33FN4O4. The summed E-state index contributed by atoms with van der Waals surface area (Å²) in [6, 6.07) is 9.95. The van der Waals surface area contributed by atoms with Crippen LogP contribution in [-0.4, -0.2) is 56.6 Å². The normalized spacial score (nSPS) is 15.5. The van der Waals surface area contributed by atoms with E-state index in [2.05, 4.69) is 10.2 Å². The van der Waals surface area contributed by atoms with Crippen molar-refractivity contribution in [3.05, 3.63) is 58.9 Å². The molecule has 0 spiro atoms. The molecule has 184 valence electrons. The van der Waals surface area contributed by atoms with Crippen molar-refractivity contribution in [2.75, 3.05) is 33.9 Å². The van der Waals surface area contributed by atoms with Gasteiger partial charge in [0.15, 0.2) is 17.7 Å². The highest BCUT2D eigenvalue weighted by atomic mass is 19.1. The largest absolute Gasteiger partial charge is 0.494 e. The number of rotatable bonds is 10. The van der Waals surface area contributed by atoms with Gasteiger partial charge in [-0.2, -0.15) is 0 Å². The number of nitrogen functional groups attached to an aromatic ring is 1. The molecule has 1 fully saturated rings. The molecule has 8 nitrogen and oxygen atoms in total. The molecule has 34 heavy (non-hydrogen) atoms. The van der Waals surface area contributed by atoms with Gasteiger partial charge >= 0.3 is 0 Å². The number of ether oxygens (including phenoxy) is 3. The van der Waals surface area contributed by atoms with Crippen molar-refractivity contribution in [3.8, 4) is 11.5 Å². The van der Waals surface area contributed by atoms with Crippen LogP contribution in [0, 0.1) is 11.2 Å². The van der Waals surface area contributed by atoms with E-state index in [4.69, 9.17) is 25.4 Å². The second-order valence-corrected chi connectivity index (χ2v) is 8.32. The Morgan fingerprint density at radius 2 is 1.94 bits per heavy atom. The van der Waals surface area contributed by atoms with Crippen molar-refractivity contribution in [3.63, 3.8) is 0 Å². The van der Waals surface area contributed by atoms with Gasteiger partial charge in [-0.3, -0.25) is 10.2 Å². The fourth-order valence-corrected chi connectivity index (χ4v) is 3.86. The molecule has 1 saturated heterocycles. The number of nitrogens with one attached hydrogen (secondary N) is 2. The van der Waals surface area contributed by atoms with Crippen LogP contribution in [0.3, 0.4) is 0 Å². The maximum Gasteiger partial charge on any atom is 0.254 e. The molecule has 0 bridgehead atoms. The molecule has 0 radical (unpaired) electrons. The van der Waals surface area contributed by atoms with Gasteiger partial charge < -0.3 is 30.2 Å². The second kappa shape index (κ2) is 11.8. The Morgan fingerprint density at radius 3 is 2.53 bits per heavy atom. The number of hydrogen-bond donors (Lipinski definition) is 3. The van der Waals surface area contributed by atoms with Crippen LogP contribution >= 0.6 is 0 Å². The number of nitrogens with two attached hydrogens (primary N) is 1. The van der Waals surface area contributed by atoms with Crippen molar-refractivity contribution < 1.29 is 23.4 Å². The van der Waals surface area contributed by atoms with Crippen molar-refractivity contribution >= 4 is 11.7 Å². The minimum absolute atomic E-state index is 0.0297. The summed E-state index contributed by atoms with van der Waals surface area (Å²) in [4.78, 5) is 15.1. The third kappa shape index (κ3) is 6.45. The highest BCUT2D eigenvalue weighted by Crippen LogP contribution is 2.34. The fourth-order valence-electron chi connectivity index (χ4n) is 3.86. The average molecular weight is 473 g/mol. The molecule has 3 rings (SSSR count). The molecule has 1 amide bonds. The van der Waals surface area contributed by atoms with E-state index in [-0.39, 0.29) is 29.8 Å². The first-order valence-corrected chi connectivity index (χ1v) is 11.4. The Morgan fingerprint density at radius 1 is 1.26 bits per heavy atom. The molecule has 9 heteroatoms. The summed E-state index contributed by atoms with van der Waals surface area (Å²) in [6.45, 7) is 4.18. The Balaban J connectivity index is 1.77. The lowest BCUT2D eigenvalue weighted by Crippen LogP contribution is -2.36. The summed E-state index contributed by atoms with van der Waals surface area (Å²) in [5.41, 5.74) is 6.93. The summed E-state index contributed by atoms with van der Waals surface area (Å²) >= 11 is 0. The van der Waals surface area contributed by atoms with E-state index in [1.54, 1.807) is 24.3 Å². The standard InChI is InChI=1S/C25H33FN4O4/c1-4-33-19-13-20(22(26)21(14-19)34-18-9-11-30(2)12-10-18)23(32-3)25(31)29-15-16-5-7-17(8-6-16)24(27)28/h5-8,13-14,18,23H,4,9-12,15H2,1-3H3,(H3,27,28)(H,29,31)/t23-/m0/s1. The minimum atomic E-state index is -1.18. The van der Waals surface area contributed by atoms with Crippen LogP contribution in [0.5, 0.6) is 11.5 Å². The first kappa shape index (κ1) is 25.5. The Kier molecular flexibility index (Phi) is 8.84. The van der Waals surface area contributed by atoms with Crippen LogP contribution in [0.25, 0.3) is 0 Å². The lowest BCUT2D eigenvalue weighted by atomic mass is 10.1. The van der Waals surface area contributed by atoms with Crippen molar-refractivity contribution in [2.24, 2.45) is 5.73 Å². The van der Waals surface area contributed by atoms with Crippen molar-refractivity contribution in [1.82, 2.24) is 10.2 Å². The highest BCUT2D eigenvalue weighted by Gasteiger charge is 2.28. The van der Waals surface area contributed by atoms with Crippen molar-refractivity contribution in [2.45, 2.75) is 38.5 Å². The summed E-state index contributed by atoms with van der Waals surface area (Å²) < 4.78 is 32.5. The molecule has 2 aromatic carbocycles. The van der Waals surface area contributed by atoms with Crippen molar-refractivity contribution in [1.29, 1.82) is 5.41 Å². The maximum absolute atomic E-state index is 15.5. The van der Waals surface area contributed by atoms with E-state index in [0.717, 1.165) is 31.5 Å². The number of carbonyl (C=O) groups excluding carboxylic acids is 1. The molecule has 0 unspecified atom stereocenters. The Labute approximate surface area is 199 Å². The number of amides is 1. The van der Waals surface area contributed by atoms with Gasteiger partial charge in [-0.05, 0) is 38.4 Å². The lowest BCUT2D eigenvalue weighted by molar-refractivity contribution is -0.131. The van der Waals surface area contributed by atoms with Gasteiger partial charge in [0.2, 0.25) is 0 Å². The van der Waals surface area contributed by atoms with Crippen LogP contribution in [0.2, 0.25) is 0 Å². The van der Waals surface area contributed by atoms with Gasteiger partial charge in [0.1, 0.15) is 17.7 Å². The van der Waals surface area contributed by atoms with Crippen LogP contribution < -0.4 is 20.5 Å². The topological polar surface area (TPSA) is 110 Å².